The maximum Gasteiger partial charge on any atom is 0.139 e. The summed E-state index contributed by atoms with van der Waals surface area (Å²) in [5, 5.41) is 0. The molecule has 12 heavy (non-hydrogen) atoms. The van der Waals surface area contributed by atoms with Crippen LogP contribution < -0.4 is 0 Å². The molecule has 70 valence electrons. The predicted molar refractivity (Wildman–Crippen MR) is 53.1 cm³/mol. The standard InChI is InChI=1S/C11H20O/c1-5-9(4)8-11(12)10(6-2)7-3/h10H,4-8H2,1-3H3. The van der Waals surface area contributed by atoms with Crippen LogP contribution in [-0.4, -0.2) is 5.78 Å². The van der Waals surface area contributed by atoms with Crippen molar-refractivity contribution in [1.82, 2.24) is 0 Å². The van der Waals surface area contributed by atoms with Crippen LogP contribution in [0.15, 0.2) is 12.2 Å². The second-order valence-corrected chi connectivity index (χ2v) is 3.26. The highest BCUT2D eigenvalue weighted by molar-refractivity contribution is 5.83. The summed E-state index contributed by atoms with van der Waals surface area (Å²) in [4.78, 5) is 11.5. The molecule has 0 amide bonds. The monoisotopic (exact) mass is 168 g/mol. The summed E-state index contributed by atoms with van der Waals surface area (Å²) in [5.41, 5.74) is 1.06. The molecule has 1 heteroatoms. The minimum absolute atomic E-state index is 0.258. The zero-order valence-electron chi connectivity index (χ0n) is 8.52. The Labute approximate surface area is 75.9 Å². The van der Waals surface area contributed by atoms with E-state index >= 15 is 0 Å². The van der Waals surface area contributed by atoms with Gasteiger partial charge in [-0.05, 0) is 19.3 Å². The molecular formula is C11H20O. The third-order valence-electron chi connectivity index (χ3n) is 2.37. The molecule has 0 N–H and O–H groups in total. The van der Waals surface area contributed by atoms with E-state index in [1.165, 1.54) is 0 Å². The van der Waals surface area contributed by atoms with Gasteiger partial charge in [-0.25, -0.2) is 0 Å². The van der Waals surface area contributed by atoms with Gasteiger partial charge in [0.05, 0.1) is 0 Å². The highest BCUT2D eigenvalue weighted by atomic mass is 16.1. The van der Waals surface area contributed by atoms with Gasteiger partial charge >= 0.3 is 0 Å². The van der Waals surface area contributed by atoms with E-state index in [2.05, 4.69) is 20.4 Å². The van der Waals surface area contributed by atoms with Crippen LogP contribution in [0, 0.1) is 5.92 Å². The summed E-state index contributed by atoms with van der Waals surface area (Å²) in [6.45, 7) is 10.0. The van der Waals surface area contributed by atoms with Crippen LogP contribution in [0.5, 0.6) is 0 Å². The number of carbonyl (C=O) groups excluding carboxylic acids is 1. The molecule has 0 heterocycles. The van der Waals surface area contributed by atoms with Crippen LogP contribution >= 0.6 is 0 Å². The van der Waals surface area contributed by atoms with Crippen molar-refractivity contribution in [3.8, 4) is 0 Å². The minimum atomic E-state index is 0.258. The lowest BCUT2D eigenvalue weighted by Gasteiger charge is -2.10. The van der Waals surface area contributed by atoms with Gasteiger partial charge in [-0.1, -0.05) is 32.9 Å². The third-order valence-corrected chi connectivity index (χ3v) is 2.37. The molecule has 0 aliphatic rings. The van der Waals surface area contributed by atoms with Crippen molar-refractivity contribution in [3.05, 3.63) is 12.2 Å². The summed E-state index contributed by atoms with van der Waals surface area (Å²) in [6, 6.07) is 0. The maximum absolute atomic E-state index is 11.5. The van der Waals surface area contributed by atoms with Crippen molar-refractivity contribution < 1.29 is 4.79 Å². The Balaban J connectivity index is 3.92. The lowest BCUT2D eigenvalue weighted by Crippen LogP contribution is -2.12. The molecule has 0 atom stereocenters. The lowest BCUT2D eigenvalue weighted by atomic mass is 9.93. The van der Waals surface area contributed by atoms with E-state index in [0.717, 1.165) is 24.8 Å². The summed E-state index contributed by atoms with van der Waals surface area (Å²) in [7, 11) is 0. The van der Waals surface area contributed by atoms with Crippen LogP contribution in [0.25, 0.3) is 0 Å². The predicted octanol–water partition coefficient (Wildman–Crippen LogP) is 3.35. The molecule has 0 rings (SSSR count). The topological polar surface area (TPSA) is 17.1 Å². The molecule has 0 unspecified atom stereocenters. The van der Waals surface area contributed by atoms with E-state index in [9.17, 15) is 4.79 Å². The Morgan fingerprint density at radius 2 is 1.75 bits per heavy atom. The second kappa shape index (κ2) is 5.99. The van der Waals surface area contributed by atoms with E-state index in [1.54, 1.807) is 0 Å². The fourth-order valence-corrected chi connectivity index (χ4v) is 1.26. The van der Waals surface area contributed by atoms with E-state index in [-0.39, 0.29) is 5.92 Å². The molecule has 0 saturated carbocycles. The molecule has 0 saturated heterocycles. The fourth-order valence-electron chi connectivity index (χ4n) is 1.26. The van der Waals surface area contributed by atoms with Crippen LogP contribution in [0.1, 0.15) is 46.5 Å². The van der Waals surface area contributed by atoms with Crippen molar-refractivity contribution >= 4 is 5.78 Å². The first-order chi connectivity index (χ1) is 5.65. The Bertz CT molecular complexity index is 154. The van der Waals surface area contributed by atoms with Gasteiger partial charge in [0.1, 0.15) is 5.78 Å². The first-order valence-electron chi connectivity index (χ1n) is 4.84. The number of ketones is 1. The molecular weight excluding hydrogens is 148 g/mol. The Morgan fingerprint density at radius 3 is 2.08 bits per heavy atom. The Hall–Kier alpha value is -0.590. The summed E-state index contributed by atoms with van der Waals surface area (Å²) in [6.07, 6.45) is 3.44. The Morgan fingerprint density at radius 1 is 1.25 bits per heavy atom. The largest absolute Gasteiger partial charge is 0.299 e. The number of Topliss-reactive ketones (excluding diaryl/α,β-unsaturated/α-hetero) is 1. The van der Waals surface area contributed by atoms with Gasteiger partial charge < -0.3 is 0 Å². The highest BCUT2D eigenvalue weighted by Crippen LogP contribution is 2.15. The van der Waals surface area contributed by atoms with Crippen molar-refractivity contribution in [2.24, 2.45) is 5.92 Å². The molecule has 0 fully saturated rings. The number of carbonyl (C=O) groups is 1. The van der Waals surface area contributed by atoms with Crippen LogP contribution in [0.4, 0.5) is 0 Å². The minimum Gasteiger partial charge on any atom is -0.299 e. The second-order valence-electron chi connectivity index (χ2n) is 3.26. The van der Waals surface area contributed by atoms with Gasteiger partial charge in [-0.15, -0.1) is 0 Å². The zero-order chi connectivity index (χ0) is 9.56. The first kappa shape index (κ1) is 11.4. The molecule has 1 nitrogen and oxygen atoms in total. The molecule has 0 aromatic rings. The SMILES string of the molecule is C=C(CC)CC(=O)C(CC)CC. The molecule has 0 aromatic heterocycles. The first-order valence-corrected chi connectivity index (χ1v) is 4.84. The van der Waals surface area contributed by atoms with Gasteiger partial charge in [0.25, 0.3) is 0 Å². The lowest BCUT2D eigenvalue weighted by molar-refractivity contribution is -0.122. The summed E-state index contributed by atoms with van der Waals surface area (Å²) < 4.78 is 0. The smallest absolute Gasteiger partial charge is 0.139 e. The van der Waals surface area contributed by atoms with Gasteiger partial charge in [-0.2, -0.15) is 0 Å². The quantitative estimate of drug-likeness (QED) is 0.556. The number of rotatable bonds is 6. The maximum atomic E-state index is 11.5. The van der Waals surface area contributed by atoms with E-state index in [1.807, 2.05) is 6.92 Å². The average Bonchev–Trinajstić information content (AvgIpc) is 2.06. The number of hydrogen-bond acceptors (Lipinski definition) is 1. The van der Waals surface area contributed by atoms with Crippen molar-refractivity contribution in [3.63, 3.8) is 0 Å². The van der Waals surface area contributed by atoms with E-state index in [4.69, 9.17) is 0 Å². The third kappa shape index (κ3) is 3.70. The summed E-state index contributed by atoms with van der Waals surface area (Å²) >= 11 is 0. The van der Waals surface area contributed by atoms with E-state index < -0.39 is 0 Å². The van der Waals surface area contributed by atoms with Crippen LogP contribution in [0.3, 0.4) is 0 Å². The fraction of sp³-hybridized carbons (Fsp3) is 0.727. The molecule has 0 aromatic carbocycles. The van der Waals surface area contributed by atoms with Crippen molar-refractivity contribution in [2.45, 2.75) is 46.5 Å². The van der Waals surface area contributed by atoms with Gasteiger partial charge in [-0.3, -0.25) is 4.79 Å². The van der Waals surface area contributed by atoms with Crippen molar-refractivity contribution in [1.29, 1.82) is 0 Å². The molecule has 0 aliphatic heterocycles. The number of hydrogen-bond donors (Lipinski definition) is 0. The Kier molecular flexibility index (Phi) is 5.69. The highest BCUT2D eigenvalue weighted by Gasteiger charge is 2.13. The molecule has 0 aliphatic carbocycles. The van der Waals surface area contributed by atoms with Crippen LogP contribution in [0.2, 0.25) is 0 Å². The summed E-state index contributed by atoms with van der Waals surface area (Å²) in [5.74, 6) is 0.625. The molecule has 0 bridgehead atoms. The average molecular weight is 168 g/mol. The van der Waals surface area contributed by atoms with Gasteiger partial charge in [0, 0.05) is 12.3 Å². The van der Waals surface area contributed by atoms with Crippen molar-refractivity contribution in [2.75, 3.05) is 0 Å². The molecule has 0 radical (unpaired) electrons. The molecule has 0 spiro atoms. The van der Waals surface area contributed by atoms with Gasteiger partial charge in [0.15, 0.2) is 0 Å². The van der Waals surface area contributed by atoms with Crippen LogP contribution in [-0.2, 0) is 4.79 Å². The number of allylic oxidation sites excluding steroid dienone is 1. The van der Waals surface area contributed by atoms with E-state index in [0.29, 0.717) is 12.2 Å². The normalized spacial score (nSPS) is 10.3. The van der Waals surface area contributed by atoms with Gasteiger partial charge in [0.2, 0.25) is 0 Å². The zero-order valence-corrected chi connectivity index (χ0v) is 8.52.